The average molecular weight is 228 g/mol. The number of hydrogen-bond acceptors (Lipinski definition) is 3. The molecule has 2 atom stereocenters. The maximum absolute atomic E-state index is 5.26. The van der Waals surface area contributed by atoms with Crippen LogP contribution in [0.3, 0.4) is 0 Å². The topological polar surface area (TPSA) is 24.5 Å². The predicted octanol–water partition coefficient (Wildman–Crippen LogP) is 1.59. The third-order valence-electron chi connectivity index (χ3n) is 3.32. The van der Waals surface area contributed by atoms with Crippen molar-refractivity contribution >= 4 is 0 Å². The van der Waals surface area contributed by atoms with Crippen molar-refractivity contribution in [1.82, 2.24) is 10.2 Å². The quantitative estimate of drug-likeness (QED) is 0.716. The van der Waals surface area contributed by atoms with Crippen molar-refractivity contribution in [2.45, 2.75) is 26.7 Å². The number of nitrogens with one attached hydrogen (secondary N) is 1. The zero-order chi connectivity index (χ0) is 11.8. The summed E-state index contributed by atoms with van der Waals surface area (Å²) >= 11 is 0. The Balaban J connectivity index is 2.20. The Bertz CT molecular complexity index is 173. The molecule has 0 spiro atoms. The lowest BCUT2D eigenvalue weighted by Gasteiger charge is -2.34. The number of nitrogens with zero attached hydrogens (tertiary/aromatic N) is 1. The van der Waals surface area contributed by atoms with E-state index in [9.17, 15) is 0 Å². The van der Waals surface area contributed by atoms with E-state index < -0.39 is 0 Å². The molecule has 3 heteroatoms. The number of rotatable bonds is 7. The summed E-state index contributed by atoms with van der Waals surface area (Å²) in [5, 5.41) is 3.42. The van der Waals surface area contributed by atoms with Crippen molar-refractivity contribution in [2.75, 3.05) is 46.4 Å². The molecule has 16 heavy (non-hydrogen) atoms. The van der Waals surface area contributed by atoms with E-state index in [1.54, 1.807) is 0 Å². The number of ether oxygens (including phenoxy) is 1. The number of methoxy groups -OCH3 is 1. The summed E-state index contributed by atoms with van der Waals surface area (Å²) in [4.78, 5) is 2.61. The highest BCUT2D eigenvalue weighted by Gasteiger charge is 2.20. The predicted molar refractivity (Wildman–Crippen MR) is 68.7 cm³/mol. The first-order valence-electron chi connectivity index (χ1n) is 6.68. The number of likely N-dealkylation sites (tertiary alicyclic amines) is 1. The number of piperidine rings is 1. The third kappa shape index (κ3) is 5.28. The minimum Gasteiger partial charge on any atom is -0.384 e. The molecule has 0 aromatic heterocycles. The van der Waals surface area contributed by atoms with E-state index in [-0.39, 0.29) is 0 Å². The van der Waals surface area contributed by atoms with Crippen LogP contribution in [-0.4, -0.2) is 51.3 Å². The summed E-state index contributed by atoms with van der Waals surface area (Å²) in [6.45, 7) is 11.4. The van der Waals surface area contributed by atoms with Crippen LogP contribution in [-0.2, 0) is 4.74 Å². The fraction of sp³-hybridized carbons (Fsp3) is 1.00. The van der Waals surface area contributed by atoms with Gasteiger partial charge >= 0.3 is 0 Å². The fourth-order valence-electron chi connectivity index (χ4n) is 2.58. The highest BCUT2D eigenvalue weighted by molar-refractivity contribution is 4.74. The molecule has 1 aliphatic heterocycles. The van der Waals surface area contributed by atoms with Gasteiger partial charge in [-0.25, -0.2) is 0 Å². The van der Waals surface area contributed by atoms with Crippen LogP contribution in [0.15, 0.2) is 0 Å². The van der Waals surface area contributed by atoms with Crippen molar-refractivity contribution in [2.24, 2.45) is 11.8 Å². The van der Waals surface area contributed by atoms with E-state index in [1.807, 2.05) is 7.11 Å². The zero-order valence-electron chi connectivity index (χ0n) is 11.2. The molecule has 3 nitrogen and oxygen atoms in total. The van der Waals surface area contributed by atoms with Crippen molar-refractivity contribution in [3.8, 4) is 0 Å². The molecule has 2 unspecified atom stereocenters. The van der Waals surface area contributed by atoms with Crippen LogP contribution in [0.5, 0.6) is 0 Å². The Hall–Kier alpha value is -0.120. The van der Waals surface area contributed by atoms with E-state index in [0.29, 0.717) is 0 Å². The molecular formula is C13H28N2O. The lowest BCUT2D eigenvalue weighted by atomic mass is 9.98. The average Bonchev–Trinajstić information content (AvgIpc) is 2.27. The lowest BCUT2D eigenvalue weighted by molar-refractivity contribution is 0.0839. The van der Waals surface area contributed by atoms with E-state index >= 15 is 0 Å². The SMILES string of the molecule is CCNCC(C)CN1CCCC(COC)C1. The molecule has 0 aliphatic carbocycles. The van der Waals surface area contributed by atoms with Gasteiger partial charge in [0.05, 0.1) is 6.61 Å². The van der Waals surface area contributed by atoms with Gasteiger partial charge < -0.3 is 15.0 Å². The maximum Gasteiger partial charge on any atom is 0.0502 e. The van der Waals surface area contributed by atoms with E-state index in [2.05, 4.69) is 24.1 Å². The zero-order valence-corrected chi connectivity index (χ0v) is 11.2. The van der Waals surface area contributed by atoms with Crippen LogP contribution in [0.4, 0.5) is 0 Å². The molecule has 0 saturated carbocycles. The summed E-state index contributed by atoms with van der Waals surface area (Å²) in [7, 11) is 1.81. The van der Waals surface area contributed by atoms with E-state index in [4.69, 9.17) is 4.74 Å². The Labute approximate surface area is 101 Å². The largest absolute Gasteiger partial charge is 0.384 e. The molecule has 1 rings (SSSR count). The van der Waals surface area contributed by atoms with Crippen molar-refractivity contribution in [1.29, 1.82) is 0 Å². The van der Waals surface area contributed by atoms with Crippen LogP contribution in [0, 0.1) is 11.8 Å². The van der Waals surface area contributed by atoms with Crippen LogP contribution in [0.1, 0.15) is 26.7 Å². The van der Waals surface area contributed by atoms with Gasteiger partial charge in [-0.15, -0.1) is 0 Å². The smallest absolute Gasteiger partial charge is 0.0502 e. The molecule has 0 amide bonds. The summed E-state index contributed by atoms with van der Waals surface area (Å²) < 4.78 is 5.26. The standard InChI is InChI=1S/C13H28N2O/c1-4-14-8-12(2)9-15-7-5-6-13(10-15)11-16-3/h12-14H,4-11H2,1-3H3. The molecule has 0 aromatic carbocycles. The van der Waals surface area contributed by atoms with Crippen LogP contribution >= 0.6 is 0 Å². The lowest BCUT2D eigenvalue weighted by Crippen LogP contribution is -2.41. The summed E-state index contributed by atoms with van der Waals surface area (Å²) in [5.41, 5.74) is 0. The Kier molecular flexibility index (Phi) is 7.01. The summed E-state index contributed by atoms with van der Waals surface area (Å²) in [6, 6.07) is 0. The fourth-order valence-corrected chi connectivity index (χ4v) is 2.58. The highest BCUT2D eigenvalue weighted by atomic mass is 16.5. The van der Waals surface area contributed by atoms with Crippen LogP contribution < -0.4 is 5.32 Å². The third-order valence-corrected chi connectivity index (χ3v) is 3.32. The van der Waals surface area contributed by atoms with Gasteiger partial charge in [-0.2, -0.15) is 0 Å². The summed E-state index contributed by atoms with van der Waals surface area (Å²) in [5.74, 6) is 1.51. The van der Waals surface area contributed by atoms with Crippen LogP contribution in [0.2, 0.25) is 0 Å². The minimum atomic E-state index is 0.751. The second kappa shape index (κ2) is 8.04. The van der Waals surface area contributed by atoms with Gasteiger partial charge in [-0.1, -0.05) is 13.8 Å². The van der Waals surface area contributed by atoms with Crippen molar-refractivity contribution < 1.29 is 4.74 Å². The Morgan fingerprint density at radius 2 is 2.31 bits per heavy atom. The normalized spacial score (nSPS) is 24.6. The van der Waals surface area contributed by atoms with Gasteiger partial charge in [0.1, 0.15) is 0 Å². The molecule has 1 N–H and O–H groups in total. The molecule has 1 fully saturated rings. The highest BCUT2D eigenvalue weighted by Crippen LogP contribution is 2.17. The summed E-state index contributed by atoms with van der Waals surface area (Å²) in [6.07, 6.45) is 2.67. The molecule has 1 saturated heterocycles. The molecule has 0 bridgehead atoms. The van der Waals surface area contributed by atoms with Crippen molar-refractivity contribution in [3.05, 3.63) is 0 Å². The molecular weight excluding hydrogens is 200 g/mol. The van der Waals surface area contributed by atoms with Crippen molar-refractivity contribution in [3.63, 3.8) is 0 Å². The first kappa shape index (κ1) is 13.9. The molecule has 0 radical (unpaired) electrons. The van der Waals surface area contributed by atoms with Gasteiger partial charge in [0.15, 0.2) is 0 Å². The first-order valence-corrected chi connectivity index (χ1v) is 6.68. The number of hydrogen-bond donors (Lipinski definition) is 1. The minimum absolute atomic E-state index is 0.751. The Morgan fingerprint density at radius 3 is 3.00 bits per heavy atom. The second-order valence-corrected chi connectivity index (χ2v) is 5.14. The first-order chi connectivity index (χ1) is 7.76. The van der Waals surface area contributed by atoms with Gasteiger partial charge in [-0.3, -0.25) is 0 Å². The molecule has 1 heterocycles. The monoisotopic (exact) mass is 228 g/mol. The van der Waals surface area contributed by atoms with Gasteiger partial charge in [-0.05, 0) is 44.3 Å². The van der Waals surface area contributed by atoms with E-state index in [1.165, 1.54) is 32.5 Å². The molecule has 0 aromatic rings. The molecule has 1 aliphatic rings. The van der Waals surface area contributed by atoms with Gasteiger partial charge in [0.25, 0.3) is 0 Å². The molecule has 96 valence electrons. The maximum atomic E-state index is 5.26. The van der Waals surface area contributed by atoms with Gasteiger partial charge in [0, 0.05) is 20.2 Å². The van der Waals surface area contributed by atoms with Gasteiger partial charge in [0.2, 0.25) is 0 Å². The second-order valence-electron chi connectivity index (χ2n) is 5.14. The van der Waals surface area contributed by atoms with Crippen LogP contribution in [0.25, 0.3) is 0 Å². The van der Waals surface area contributed by atoms with E-state index in [0.717, 1.165) is 31.5 Å². The Morgan fingerprint density at radius 1 is 1.50 bits per heavy atom.